The first kappa shape index (κ1) is 19.1. The van der Waals surface area contributed by atoms with Crippen molar-refractivity contribution in [1.29, 1.82) is 0 Å². The Bertz CT molecular complexity index is 1000. The Morgan fingerprint density at radius 2 is 1.90 bits per heavy atom. The molecule has 0 aromatic carbocycles. The SMILES string of the molecule is COc1ccc(C2C[C@@H]2COc2nc(C)ncc2C=Cc2ccc(C)nc2)nc1. The minimum Gasteiger partial charge on any atom is -0.495 e. The molecule has 1 saturated carbocycles. The normalized spacial score (nSPS) is 18.0. The van der Waals surface area contributed by atoms with E-state index in [0.29, 0.717) is 30.1 Å². The monoisotopic (exact) mass is 388 g/mol. The molecule has 1 fully saturated rings. The van der Waals surface area contributed by atoms with E-state index in [-0.39, 0.29) is 0 Å². The summed E-state index contributed by atoms with van der Waals surface area (Å²) in [7, 11) is 1.65. The topological polar surface area (TPSA) is 70.0 Å². The van der Waals surface area contributed by atoms with Crippen LogP contribution in [0.3, 0.4) is 0 Å². The van der Waals surface area contributed by atoms with Crippen LogP contribution in [0.25, 0.3) is 12.2 Å². The van der Waals surface area contributed by atoms with Crippen molar-refractivity contribution in [2.75, 3.05) is 13.7 Å². The van der Waals surface area contributed by atoms with Crippen molar-refractivity contribution >= 4 is 12.2 Å². The summed E-state index contributed by atoms with van der Waals surface area (Å²) < 4.78 is 11.3. The van der Waals surface area contributed by atoms with Crippen LogP contribution in [0.15, 0.2) is 42.9 Å². The number of nitrogens with zero attached hydrogens (tertiary/aromatic N) is 4. The maximum atomic E-state index is 6.08. The van der Waals surface area contributed by atoms with E-state index in [2.05, 4.69) is 19.9 Å². The van der Waals surface area contributed by atoms with Crippen molar-refractivity contribution in [2.45, 2.75) is 26.2 Å². The number of aromatic nitrogens is 4. The Morgan fingerprint density at radius 3 is 2.62 bits per heavy atom. The molecule has 148 valence electrons. The fourth-order valence-corrected chi connectivity index (χ4v) is 3.16. The molecule has 2 atom stereocenters. The van der Waals surface area contributed by atoms with Crippen molar-refractivity contribution in [1.82, 2.24) is 19.9 Å². The minimum absolute atomic E-state index is 0.432. The van der Waals surface area contributed by atoms with E-state index >= 15 is 0 Å². The van der Waals surface area contributed by atoms with Crippen LogP contribution < -0.4 is 9.47 Å². The van der Waals surface area contributed by atoms with E-state index in [1.807, 2.05) is 56.5 Å². The van der Waals surface area contributed by atoms with Crippen molar-refractivity contribution in [3.8, 4) is 11.6 Å². The molecular weight excluding hydrogens is 364 g/mol. The van der Waals surface area contributed by atoms with Gasteiger partial charge in [0.05, 0.1) is 25.5 Å². The van der Waals surface area contributed by atoms with E-state index in [9.17, 15) is 0 Å². The van der Waals surface area contributed by atoms with Crippen LogP contribution in [0.4, 0.5) is 0 Å². The van der Waals surface area contributed by atoms with E-state index in [0.717, 1.165) is 34.7 Å². The molecule has 29 heavy (non-hydrogen) atoms. The Kier molecular flexibility index (Phi) is 5.51. The molecular formula is C23H24N4O2. The van der Waals surface area contributed by atoms with Crippen LogP contribution in [-0.4, -0.2) is 33.7 Å². The predicted octanol–water partition coefficient (Wildman–Crippen LogP) is 4.24. The van der Waals surface area contributed by atoms with Crippen LogP contribution in [0.5, 0.6) is 11.6 Å². The first-order chi connectivity index (χ1) is 14.1. The molecule has 1 unspecified atom stereocenters. The summed E-state index contributed by atoms with van der Waals surface area (Å²) in [5.74, 6) is 2.96. The van der Waals surface area contributed by atoms with Crippen LogP contribution in [0, 0.1) is 19.8 Å². The zero-order valence-electron chi connectivity index (χ0n) is 16.9. The van der Waals surface area contributed by atoms with Gasteiger partial charge in [-0.1, -0.05) is 12.1 Å². The highest BCUT2D eigenvalue weighted by Crippen LogP contribution is 2.47. The second-order valence-corrected chi connectivity index (χ2v) is 7.28. The molecule has 0 aliphatic heterocycles. The Morgan fingerprint density at radius 1 is 1.00 bits per heavy atom. The first-order valence-corrected chi connectivity index (χ1v) is 9.69. The molecule has 0 saturated heterocycles. The highest BCUT2D eigenvalue weighted by atomic mass is 16.5. The summed E-state index contributed by atoms with van der Waals surface area (Å²) in [4.78, 5) is 17.6. The zero-order chi connectivity index (χ0) is 20.2. The summed E-state index contributed by atoms with van der Waals surface area (Å²) in [5, 5.41) is 0. The highest BCUT2D eigenvalue weighted by molar-refractivity contribution is 5.71. The van der Waals surface area contributed by atoms with Gasteiger partial charge >= 0.3 is 0 Å². The number of methoxy groups -OCH3 is 1. The lowest BCUT2D eigenvalue weighted by molar-refractivity contribution is 0.283. The largest absolute Gasteiger partial charge is 0.495 e. The number of rotatable bonds is 7. The van der Waals surface area contributed by atoms with Crippen molar-refractivity contribution in [2.24, 2.45) is 5.92 Å². The van der Waals surface area contributed by atoms with Gasteiger partial charge in [-0.15, -0.1) is 0 Å². The van der Waals surface area contributed by atoms with Gasteiger partial charge in [-0.2, -0.15) is 4.98 Å². The number of aryl methyl sites for hydroxylation is 2. The molecule has 0 N–H and O–H groups in total. The first-order valence-electron chi connectivity index (χ1n) is 9.69. The molecule has 3 aromatic heterocycles. The maximum Gasteiger partial charge on any atom is 0.224 e. The Labute approximate surface area is 170 Å². The van der Waals surface area contributed by atoms with Crippen LogP contribution in [0.2, 0.25) is 0 Å². The smallest absolute Gasteiger partial charge is 0.224 e. The molecule has 1 aliphatic rings. The lowest BCUT2D eigenvalue weighted by atomic mass is 10.2. The van der Waals surface area contributed by atoms with Gasteiger partial charge in [-0.3, -0.25) is 9.97 Å². The van der Waals surface area contributed by atoms with Gasteiger partial charge in [-0.25, -0.2) is 4.98 Å². The van der Waals surface area contributed by atoms with Crippen molar-refractivity contribution in [3.05, 3.63) is 71.2 Å². The molecule has 0 bridgehead atoms. The van der Waals surface area contributed by atoms with Crippen LogP contribution in [0.1, 0.15) is 40.7 Å². The molecule has 3 heterocycles. The van der Waals surface area contributed by atoms with E-state index < -0.39 is 0 Å². The molecule has 1 aliphatic carbocycles. The van der Waals surface area contributed by atoms with Crippen molar-refractivity contribution in [3.63, 3.8) is 0 Å². The third-order valence-electron chi connectivity index (χ3n) is 5.02. The summed E-state index contributed by atoms with van der Waals surface area (Å²) in [5.41, 5.74) is 3.96. The molecule has 3 aromatic rings. The van der Waals surface area contributed by atoms with Gasteiger partial charge in [0.1, 0.15) is 11.6 Å². The van der Waals surface area contributed by atoms with Crippen LogP contribution >= 0.6 is 0 Å². The molecule has 0 radical (unpaired) electrons. The molecule has 6 nitrogen and oxygen atoms in total. The minimum atomic E-state index is 0.432. The summed E-state index contributed by atoms with van der Waals surface area (Å²) >= 11 is 0. The average Bonchev–Trinajstić information content (AvgIpc) is 3.52. The lowest BCUT2D eigenvalue weighted by Gasteiger charge is -2.09. The lowest BCUT2D eigenvalue weighted by Crippen LogP contribution is -2.05. The zero-order valence-corrected chi connectivity index (χ0v) is 16.9. The van der Waals surface area contributed by atoms with E-state index in [1.54, 1.807) is 19.5 Å². The number of hydrogen-bond donors (Lipinski definition) is 0. The molecule has 4 rings (SSSR count). The summed E-state index contributed by atoms with van der Waals surface area (Å²) in [6.07, 6.45) is 10.4. The standard InChI is InChI=1S/C23H24N4O2/c1-15-4-5-17(11-24-15)6-7-18-12-25-16(2)27-23(18)29-14-19-10-21(19)22-9-8-20(28-3)13-26-22/h4-9,11-13,19,21H,10,14H2,1-3H3/t19-,21?/m1/s1. The number of pyridine rings is 2. The maximum absolute atomic E-state index is 6.08. The van der Waals surface area contributed by atoms with E-state index in [4.69, 9.17) is 9.47 Å². The van der Waals surface area contributed by atoms with Crippen LogP contribution in [-0.2, 0) is 0 Å². The summed E-state index contributed by atoms with van der Waals surface area (Å²) in [6, 6.07) is 8.01. The molecule has 0 amide bonds. The molecule has 0 spiro atoms. The second-order valence-electron chi connectivity index (χ2n) is 7.28. The third kappa shape index (κ3) is 4.77. The van der Waals surface area contributed by atoms with Gasteiger partial charge in [0.2, 0.25) is 5.88 Å². The fourth-order valence-electron chi connectivity index (χ4n) is 3.16. The Hall–Kier alpha value is -3.28. The van der Waals surface area contributed by atoms with Gasteiger partial charge in [0.15, 0.2) is 0 Å². The third-order valence-corrected chi connectivity index (χ3v) is 5.02. The van der Waals surface area contributed by atoms with Gasteiger partial charge in [-0.05, 0) is 50.1 Å². The number of hydrogen-bond acceptors (Lipinski definition) is 6. The van der Waals surface area contributed by atoms with Gasteiger partial charge < -0.3 is 9.47 Å². The van der Waals surface area contributed by atoms with Gasteiger partial charge in [0.25, 0.3) is 0 Å². The highest BCUT2D eigenvalue weighted by Gasteiger charge is 2.40. The van der Waals surface area contributed by atoms with Gasteiger partial charge in [0, 0.05) is 35.6 Å². The Balaban J connectivity index is 1.41. The second kappa shape index (κ2) is 8.39. The predicted molar refractivity (Wildman–Crippen MR) is 112 cm³/mol. The molecule has 6 heteroatoms. The average molecular weight is 388 g/mol. The van der Waals surface area contributed by atoms with E-state index in [1.165, 1.54) is 0 Å². The quantitative estimate of drug-likeness (QED) is 0.603. The summed E-state index contributed by atoms with van der Waals surface area (Å²) in [6.45, 7) is 4.45. The number of ether oxygens (including phenoxy) is 2. The van der Waals surface area contributed by atoms with Crippen molar-refractivity contribution < 1.29 is 9.47 Å². The fraction of sp³-hybridized carbons (Fsp3) is 0.304.